The maximum Gasteiger partial charge on any atom is 0.224 e. The average molecular weight is 284 g/mol. The fraction of sp³-hybridized carbons (Fsp3) is 0.462. The molecule has 0 bridgehead atoms. The lowest BCUT2D eigenvalue weighted by Crippen LogP contribution is -2.11. The monoisotopic (exact) mass is 283 g/mol. The molecule has 1 N–H and O–H groups in total. The van der Waals surface area contributed by atoms with E-state index in [1.807, 2.05) is 18.2 Å². The third-order valence-corrected chi connectivity index (χ3v) is 3.14. The Morgan fingerprint density at radius 1 is 1.25 bits per heavy atom. The Morgan fingerprint density at radius 3 is 2.62 bits per heavy atom. The molecule has 1 aromatic carbocycles. The van der Waals surface area contributed by atoms with Crippen molar-refractivity contribution >= 4 is 27.5 Å². The van der Waals surface area contributed by atoms with E-state index < -0.39 is 0 Å². The number of benzene rings is 1. The van der Waals surface area contributed by atoms with Crippen LogP contribution in [0.2, 0.25) is 0 Å². The molecule has 0 heterocycles. The van der Waals surface area contributed by atoms with Crippen molar-refractivity contribution in [2.75, 3.05) is 10.6 Å². The largest absolute Gasteiger partial charge is 0.326 e. The highest BCUT2D eigenvalue weighted by atomic mass is 79.9. The van der Waals surface area contributed by atoms with Gasteiger partial charge in [-0.2, -0.15) is 0 Å². The van der Waals surface area contributed by atoms with Crippen LogP contribution in [0.15, 0.2) is 18.2 Å². The van der Waals surface area contributed by atoms with Crippen LogP contribution in [0.4, 0.5) is 5.69 Å². The predicted octanol–water partition coefficient (Wildman–Crippen LogP) is 3.81. The molecule has 1 amide bonds. The van der Waals surface area contributed by atoms with Crippen molar-refractivity contribution in [3.05, 3.63) is 29.3 Å². The van der Waals surface area contributed by atoms with Crippen molar-refractivity contribution in [2.45, 2.75) is 33.1 Å². The number of amides is 1. The number of carbonyl (C=O) groups excluding carboxylic acids is 1. The number of anilines is 1. The van der Waals surface area contributed by atoms with E-state index in [2.05, 4.69) is 35.1 Å². The molecule has 0 fully saturated rings. The van der Waals surface area contributed by atoms with Crippen LogP contribution in [0.1, 0.15) is 30.4 Å². The smallest absolute Gasteiger partial charge is 0.224 e. The molecule has 0 radical (unpaired) electrons. The van der Waals surface area contributed by atoms with E-state index in [0.29, 0.717) is 6.42 Å². The normalized spacial score (nSPS) is 10.2. The number of hydrogen-bond acceptors (Lipinski definition) is 1. The van der Waals surface area contributed by atoms with Gasteiger partial charge in [-0.15, -0.1) is 0 Å². The molecule has 88 valence electrons. The van der Waals surface area contributed by atoms with Crippen molar-refractivity contribution in [3.8, 4) is 0 Å². The van der Waals surface area contributed by atoms with Gasteiger partial charge in [0.15, 0.2) is 0 Å². The number of unbranched alkanes of at least 4 members (excludes halogenated alkanes) is 1. The summed E-state index contributed by atoms with van der Waals surface area (Å²) in [7, 11) is 0. The predicted molar refractivity (Wildman–Crippen MR) is 72.2 cm³/mol. The highest BCUT2D eigenvalue weighted by Crippen LogP contribution is 2.14. The summed E-state index contributed by atoms with van der Waals surface area (Å²) in [6, 6.07) is 5.99. The van der Waals surface area contributed by atoms with Gasteiger partial charge in [0.2, 0.25) is 5.91 Å². The second kappa shape index (κ2) is 6.69. The Bertz CT molecular complexity index is 363. The van der Waals surface area contributed by atoms with Crippen LogP contribution in [0.5, 0.6) is 0 Å². The lowest BCUT2D eigenvalue weighted by molar-refractivity contribution is -0.116. The zero-order chi connectivity index (χ0) is 12.0. The Balaban J connectivity index is 2.46. The minimum Gasteiger partial charge on any atom is -0.326 e. The SMILES string of the molecule is Cc1ccc(NC(=O)CCCCBr)cc1C. The van der Waals surface area contributed by atoms with Crippen LogP contribution in [0.3, 0.4) is 0 Å². The fourth-order valence-corrected chi connectivity index (χ4v) is 1.82. The van der Waals surface area contributed by atoms with Gasteiger partial charge in [-0.1, -0.05) is 22.0 Å². The van der Waals surface area contributed by atoms with Gasteiger partial charge < -0.3 is 5.32 Å². The lowest BCUT2D eigenvalue weighted by atomic mass is 10.1. The first kappa shape index (κ1) is 13.2. The highest BCUT2D eigenvalue weighted by Gasteiger charge is 2.02. The van der Waals surface area contributed by atoms with Gasteiger partial charge in [0.25, 0.3) is 0 Å². The first-order chi connectivity index (χ1) is 7.63. The molecule has 0 spiro atoms. The van der Waals surface area contributed by atoms with Crippen LogP contribution in [-0.2, 0) is 4.79 Å². The van der Waals surface area contributed by atoms with E-state index in [4.69, 9.17) is 0 Å². The van der Waals surface area contributed by atoms with Crippen molar-refractivity contribution in [1.82, 2.24) is 0 Å². The van der Waals surface area contributed by atoms with Gasteiger partial charge in [0, 0.05) is 17.4 Å². The maximum absolute atomic E-state index is 11.6. The van der Waals surface area contributed by atoms with Gasteiger partial charge in [-0.25, -0.2) is 0 Å². The van der Waals surface area contributed by atoms with Crippen molar-refractivity contribution < 1.29 is 4.79 Å². The minimum atomic E-state index is 0.101. The topological polar surface area (TPSA) is 29.1 Å². The Hall–Kier alpha value is -0.830. The molecule has 1 aromatic rings. The molecule has 0 atom stereocenters. The second-order valence-corrected chi connectivity index (χ2v) is 4.79. The zero-order valence-corrected chi connectivity index (χ0v) is 11.4. The van der Waals surface area contributed by atoms with Gasteiger partial charge in [-0.05, 0) is 49.9 Å². The molecular formula is C13H18BrNO. The van der Waals surface area contributed by atoms with Gasteiger partial charge in [-0.3, -0.25) is 4.79 Å². The van der Waals surface area contributed by atoms with Crippen molar-refractivity contribution in [3.63, 3.8) is 0 Å². The number of aryl methyl sites for hydroxylation is 2. The summed E-state index contributed by atoms with van der Waals surface area (Å²) in [6.45, 7) is 4.12. The van der Waals surface area contributed by atoms with Gasteiger partial charge in [0.05, 0.1) is 0 Å². The van der Waals surface area contributed by atoms with Crippen LogP contribution in [-0.4, -0.2) is 11.2 Å². The molecule has 0 saturated carbocycles. The molecular weight excluding hydrogens is 266 g/mol. The third-order valence-electron chi connectivity index (χ3n) is 2.58. The molecule has 0 unspecified atom stereocenters. The number of rotatable bonds is 5. The minimum absolute atomic E-state index is 0.101. The Morgan fingerprint density at radius 2 is 2.00 bits per heavy atom. The number of alkyl halides is 1. The molecule has 0 aliphatic heterocycles. The van der Waals surface area contributed by atoms with Gasteiger partial charge in [0.1, 0.15) is 0 Å². The Kier molecular flexibility index (Phi) is 5.53. The summed E-state index contributed by atoms with van der Waals surface area (Å²) in [5.41, 5.74) is 3.35. The number of halogens is 1. The first-order valence-corrected chi connectivity index (χ1v) is 6.68. The molecule has 3 heteroatoms. The van der Waals surface area contributed by atoms with E-state index in [1.54, 1.807) is 0 Å². The van der Waals surface area contributed by atoms with E-state index >= 15 is 0 Å². The summed E-state index contributed by atoms with van der Waals surface area (Å²) < 4.78 is 0. The van der Waals surface area contributed by atoms with Crippen LogP contribution >= 0.6 is 15.9 Å². The Labute approximate surface area is 106 Å². The molecule has 2 nitrogen and oxygen atoms in total. The molecule has 0 aromatic heterocycles. The van der Waals surface area contributed by atoms with Gasteiger partial charge >= 0.3 is 0 Å². The summed E-state index contributed by atoms with van der Waals surface area (Å²) in [5, 5.41) is 3.88. The fourth-order valence-electron chi connectivity index (χ4n) is 1.42. The molecule has 0 saturated heterocycles. The molecule has 16 heavy (non-hydrogen) atoms. The number of carbonyl (C=O) groups is 1. The maximum atomic E-state index is 11.6. The second-order valence-electron chi connectivity index (χ2n) is 3.99. The van der Waals surface area contributed by atoms with E-state index in [-0.39, 0.29) is 5.91 Å². The van der Waals surface area contributed by atoms with Crippen LogP contribution < -0.4 is 5.32 Å². The summed E-state index contributed by atoms with van der Waals surface area (Å²) in [5.74, 6) is 0.101. The average Bonchev–Trinajstić information content (AvgIpc) is 2.24. The number of hydrogen-bond donors (Lipinski definition) is 1. The first-order valence-electron chi connectivity index (χ1n) is 5.56. The summed E-state index contributed by atoms with van der Waals surface area (Å²) in [4.78, 5) is 11.6. The number of nitrogens with one attached hydrogen (secondary N) is 1. The molecule has 1 rings (SSSR count). The standard InChI is InChI=1S/C13H18BrNO/c1-10-6-7-12(9-11(10)2)15-13(16)5-3-4-8-14/h6-7,9H,3-5,8H2,1-2H3,(H,15,16). The third kappa shape index (κ3) is 4.35. The van der Waals surface area contributed by atoms with E-state index in [9.17, 15) is 4.79 Å². The summed E-state index contributed by atoms with van der Waals surface area (Å²) >= 11 is 3.35. The summed E-state index contributed by atoms with van der Waals surface area (Å²) in [6.07, 6.45) is 2.57. The van der Waals surface area contributed by atoms with Crippen LogP contribution in [0.25, 0.3) is 0 Å². The zero-order valence-electron chi connectivity index (χ0n) is 9.85. The van der Waals surface area contributed by atoms with Crippen molar-refractivity contribution in [1.29, 1.82) is 0 Å². The van der Waals surface area contributed by atoms with E-state index in [0.717, 1.165) is 23.9 Å². The van der Waals surface area contributed by atoms with Crippen molar-refractivity contribution in [2.24, 2.45) is 0 Å². The molecule has 0 aliphatic carbocycles. The lowest BCUT2D eigenvalue weighted by Gasteiger charge is -2.07. The molecule has 0 aliphatic rings. The highest BCUT2D eigenvalue weighted by molar-refractivity contribution is 9.09. The quantitative estimate of drug-likeness (QED) is 0.646. The van der Waals surface area contributed by atoms with Crippen LogP contribution in [0, 0.1) is 13.8 Å². The van der Waals surface area contributed by atoms with E-state index in [1.165, 1.54) is 11.1 Å².